The van der Waals surface area contributed by atoms with Gasteiger partial charge in [-0.3, -0.25) is 9.69 Å². The van der Waals surface area contributed by atoms with Crippen LogP contribution in [0.4, 0.5) is 10.1 Å². The molecule has 3 aromatic carbocycles. The van der Waals surface area contributed by atoms with E-state index < -0.39 is 38.3 Å². The first kappa shape index (κ1) is 20.1. The predicted octanol–water partition coefficient (Wildman–Crippen LogP) is 4.81. The van der Waals surface area contributed by atoms with Crippen molar-refractivity contribution in [3.05, 3.63) is 106 Å². The fourth-order valence-electron chi connectivity index (χ4n) is 3.40. The van der Waals surface area contributed by atoms with E-state index in [2.05, 4.69) is 0 Å². The van der Waals surface area contributed by atoms with Gasteiger partial charge in [0, 0.05) is 10.7 Å². The Hall–Kier alpha value is -3.16. The van der Waals surface area contributed by atoms with Crippen LogP contribution < -0.4 is 4.90 Å². The van der Waals surface area contributed by atoms with Crippen LogP contribution in [0.1, 0.15) is 11.6 Å². The molecule has 1 heterocycles. The van der Waals surface area contributed by atoms with Crippen molar-refractivity contribution in [2.24, 2.45) is 0 Å². The highest BCUT2D eigenvalue weighted by Gasteiger charge is 2.47. The molecule has 1 aliphatic rings. The van der Waals surface area contributed by atoms with E-state index in [4.69, 9.17) is 11.6 Å². The normalized spacial score (nSPS) is 16.9. The summed E-state index contributed by atoms with van der Waals surface area (Å²) in [6.07, 6.45) is 0. The third-order valence-electron chi connectivity index (χ3n) is 4.79. The average molecular weight is 444 g/mol. The molecule has 0 radical (unpaired) electrons. The standard InChI is InChI=1S/C22H15ClFNO4S/c23-15-8-6-14(7-9-15)19-21(30(28,29)18-4-2-1-3-5-18)20(26)22(27)25(19)17-12-10-16(24)11-13-17/h1-13,19,26H/t19-/m0/s1. The first-order chi connectivity index (χ1) is 14.3. The summed E-state index contributed by atoms with van der Waals surface area (Å²) < 4.78 is 40.2. The number of benzene rings is 3. The lowest BCUT2D eigenvalue weighted by Gasteiger charge is -2.27. The SMILES string of the molecule is O=C1C(O)=C(S(=O)(=O)c2ccccc2)[C@H](c2ccc(Cl)cc2)N1c1ccc(F)cc1. The van der Waals surface area contributed by atoms with Gasteiger partial charge in [0.15, 0.2) is 5.76 Å². The van der Waals surface area contributed by atoms with Crippen molar-refractivity contribution in [3.63, 3.8) is 0 Å². The number of amides is 1. The number of hydrogen-bond donors (Lipinski definition) is 1. The molecule has 0 fully saturated rings. The summed E-state index contributed by atoms with van der Waals surface area (Å²) in [5.74, 6) is -2.28. The minimum Gasteiger partial charge on any atom is -0.502 e. The summed E-state index contributed by atoms with van der Waals surface area (Å²) >= 11 is 5.97. The van der Waals surface area contributed by atoms with Crippen LogP contribution in [0.15, 0.2) is 94.4 Å². The zero-order chi connectivity index (χ0) is 21.5. The predicted molar refractivity (Wildman–Crippen MR) is 111 cm³/mol. The molecule has 5 nitrogen and oxygen atoms in total. The maximum atomic E-state index is 13.4. The Morgan fingerprint density at radius 2 is 1.50 bits per heavy atom. The van der Waals surface area contributed by atoms with Crippen molar-refractivity contribution in [2.45, 2.75) is 10.9 Å². The summed E-state index contributed by atoms with van der Waals surface area (Å²) in [5, 5.41) is 11.1. The quantitative estimate of drug-likeness (QED) is 0.627. The van der Waals surface area contributed by atoms with Gasteiger partial charge in [-0.15, -0.1) is 0 Å². The highest BCUT2D eigenvalue weighted by atomic mass is 35.5. The Morgan fingerprint density at radius 1 is 0.900 bits per heavy atom. The van der Waals surface area contributed by atoms with Crippen molar-refractivity contribution >= 4 is 33.0 Å². The molecular weight excluding hydrogens is 429 g/mol. The summed E-state index contributed by atoms with van der Waals surface area (Å²) in [7, 11) is -4.22. The second-order valence-electron chi connectivity index (χ2n) is 6.64. The number of carbonyl (C=O) groups is 1. The average Bonchev–Trinajstić information content (AvgIpc) is 3.01. The third kappa shape index (κ3) is 3.36. The third-order valence-corrected chi connectivity index (χ3v) is 6.94. The van der Waals surface area contributed by atoms with Crippen LogP contribution in [0.25, 0.3) is 0 Å². The lowest BCUT2D eigenvalue weighted by atomic mass is 10.1. The maximum Gasteiger partial charge on any atom is 0.295 e. The van der Waals surface area contributed by atoms with Crippen LogP contribution in [0.5, 0.6) is 0 Å². The molecule has 8 heteroatoms. The van der Waals surface area contributed by atoms with E-state index >= 15 is 0 Å². The number of anilines is 1. The van der Waals surface area contributed by atoms with Gasteiger partial charge < -0.3 is 5.11 Å². The molecule has 1 N–H and O–H groups in total. The molecule has 30 heavy (non-hydrogen) atoms. The van der Waals surface area contributed by atoms with Gasteiger partial charge >= 0.3 is 0 Å². The van der Waals surface area contributed by atoms with Gasteiger partial charge in [-0.05, 0) is 54.1 Å². The zero-order valence-corrected chi connectivity index (χ0v) is 16.9. The van der Waals surface area contributed by atoms with E-state index in [1.807, 2.05) is 0 Å². The fourth-order valence-corrected chi connectivity index (χ4v) is 5.17. The molecule has 0 bridgehead atoms. The van der Waals surface area contributed by atoms with E-state index in [1.54, 1.807) is 42.5 Å². The number of aliphatic hydroxyl groups is 1. The number of halogens is 2. The first-order valence-electron chi connectivity index (χ1n) is 8.88. The lowest BCUT2D eigenvalue weighted by Crippen LogP contribution is -2.31. The van der Waals surface area contributed by atoms with Gasteiger partial charge in [0.05, 0.1) is 4.90 Å². The molecule has 0 saturated heterocycles. The first-order valence-corrected chi connectivity index (χ1v) is 10.7. The van der Waals surface area contributed by atoms with Gasteiger partial charge in [-0.2, -0.15) is 0 Å². The monoisotopic (exact) mass is 443 g/mol. The Kier molecular flexibility index (Phi) is 5.09. The second kappa shape index (κ2) is 7.59. The van der Waals surface area contributed by atoms with Gasteiger partial charge in [0.2, 0.25) is 9.84 Å². The fraction of sp³-hybridized carbons (Fsp3) is 0.0455. The van der Waals surface area contributed by atoms with E-state index in [1.165, 1.54) is 24.3 Å². The molecule has 4 rings (SSSR count). The number of nitrogens with zero attached hydrogens (tertiary/aromatic N) is 1. The molecule has 0 spiro atoms. The van der Waals surface area contributed by atoms with Crippen molar-refractivity contribution in [3.8, 4) is 0 Å². The van der Waals surface area contributed by atoms with Crippen molar-refractivity contribution in [2.75, 3.05) is 4.90 Å². The van der Waals surface area contributed by atoms with Crippen LogP contribution in [0.2, 0.25) is 5.02 Å². The molecule has 0 unspecified atom stereocenters. The van der Waals surface area contributed by atoms with Crippen LogP contribution in [0, 0.1) is 5.82 Å². The molecule has 0 saturated carbocycles. The topological polar surface area (TPSA) is 74.7 Å². The van der Waals surface area contributed by atoms with Gasteiger partial charge in [-0.25, -0.2) is 12.8 Å². The van der Waals surface area contributed by atoms with Crippen LogP contribution in [-0.4, -0.2) is 19.4 Å². The molecule has 0 aromatic heterocycles. The summed E-state index contributed by atoms with van der Waals surface area (Å²) in [6, 6.07) is 17.7. The molecular formula is C22H15ClFNO4S. The van der Waals surface area contributed by atoms with Gasteiger partial charge in [0.25, 0.3) is 5.91 Å². The minimum atomic E-state index is -4.22. The van der Waals surface area contributed by atoms with Crippen molar-refractivity contribution in [1.82, 2.24) is 0 Å². The summed E-state index contributed by atoms with van der Waals surface area (Å²) in [4.78, 5) is 13.6. The van der Waals surface area contributed by atoms with Crippen LogP contribution >= 0.6 is 11.6 Å². The summed E-state index contributed by atoms with van der Waals surface area (Å²) in [6.45, 7) is 0. The highest BCUT2D eigenvalue weighted by Crippen LogP contribution is 2.44. The number of hydrogen-bond acceptors (Lipinski definition) is 4. The van der Waals surface area contributed by atoms with Gasteiger partial charge in [-0.1, -0.05) is 41.9 Å². The highest BCUT2D eigenvalue weighted by molar-refractivity contribution is 7.95. The van der Waals surface area contributed by atoms with Crippen molar-refractivity contribution < 1.29 is 22.7 Å². The molecule has 1 aliphatic heterocycles. The van der Waals surface area contributed by atoms with Gasteiger partial charge in [0.1, 0.15) is 16.8 Å². The lowest BCUT2D eigenvalue weighted by molar-refractivity contribution is -0.117. The molecule has 1 atom stereocenters. The van der Waals surface area contributed by atoms with E-state index in [0.717, 1.165) is 17.0 Å². The Bertz CT molecular complexity index is 1240. The van der Waals surface area contributed by atoms with Crippen molar-refractivity contribution in [1.29, 1.82) is 0 Å². The van der Waals surface area contributed by atoms with E-state index in [0.29, 0.717) is 10.6 Å². The molecule has 152 valence electrons. The number of rotatable bonds is 4. The number of carbonyl (C=O) groups excluding carboxylic acids is 1. The maximum absolute atomic E-state index is 13.4. The minimum absolute atomic E-state index is 0.0562. The second-order valence-corrected chi connectivity index (χ2v) is 8.99. The Morgan fingerprint density at radius 3 is 2.10 bits per heavy atom. The van der Waals surface area contributed by atoms with E-state index in [-0.39, 0.29) is 10.6 Å². The smallest absolute Gasteiger partial charge is 0.295 e. The molecule has 1 amide bonds. The zero-order valence-electron chi connectivity index (χ0n) is 15.4. The number of aliphatic hydroxyl groups excluding tert-OH is 1. The van der Waals surface area contributed by atoms with Crippen LogP contribution in [0.3, 0.4) is 0 Å². The van der Waals surface area contributed by atoms with Crippen LogP contribution in [-0.2, 0) is 14.6 Å². The summed E-state index contributed by atoms with van der Waals surface area (Å²) in [5.41, 5.74) is 0.668. The van der Waals surface area contributed by atoms with E-state index in [9.17, 15) is 22.7 Å². The Balaban J connectivity index is 1.94. The molecule has 3 aromatic rings. The number of sulfone groups is 1. The largest absolute Gasteiger partial charge is 0.502 e. The Labute approximate surface area is 177 Å². The molecule has 0 aliphatic carbocycles.